The van der Waals surface area contributed by atoms with Crippen LogP contribution in [-0.4, -0.2) is 17.1 Å². The van der Waals surface area contributed by atoms with E-state index in [0.717, 1.165) is 30.1 Å². The van der Waals surface area contributed by atoms with Gasteiger partial charge in [0.15, 0.2) is 0 Å². The van der Waals surface area contributed by atoms with Crippen LogP contribution in [0.1, 0.15) is 30.0 Å². The minimum absolute atomic E-state index is 0.407. The molecule has 14 heavy (non-hydrogen) atoms. The van der Waals surface area contributed by atoms with Crippen molar-refractivity contribution >= 4 is 11.3 Å². The van der Waals surface area contributed by atoms with Crippen molar-refractivity contribution in [2.45, 2.75) is 44.8 Å². The van der Waals surface area contributed by atoms with Gasteiger partial charge in [0.25, 0.3) is 0 Å². The molecule has 1 aromatic rings. The van der Waals surface area contributed by atoms with E-state index < -0.39 is 0 Å². The number of nitrogens with one attached hydrogen (secondary N) is 1. The van der Waals surface area contributed by atoms with Crippen molar-refractivity contribution in [1.82, 2.24) is 10.3 Å². The van der Waals surface area contributed by atoms with Gasteiger partial charge in [-0.3, -0.25) is 0 Å². The van der Waals surface area contributed by atoms with Crippen molar-refractivity contribution in [1.29, 1.82) is 0 Å². The predicted octanol–water partition coefficient (Wildman–Crippen LogP) is 1.42. The third-order valence-corrected chi connectivity index (χ3v) is 3.53. The van der Waals surface area contributed by atoms with E-state index in [1.807, 2.05) is 6.92 Å². The van der Waals surface area contributed by atoms with Crippen molar-refractivity contribution in [3.05, 3.63) is 16.1 Å². The van der Waals surface area contributed by atoms with Crippen LogP contribution in [0.15, 0.2) is 5.38 Å². The summed E-state index contributed by atoms with van der Waals surface area (Å²) in [5.74, 6) is 0. The summed E-state index contributed by atoms with van der Waals surface area (Å²) in [6.07, 6.45) is 3.49. The molecule has 1 aliphatic rings. The largest absolute Gasteiger partial charge is 0.328 e. The zero-order valence-electron chi connectivity index (χ0n) is 8.49. The maximum atomic E-state index is 5.84. The van der Waals surface area contributed by atoms with Gasteiger partial charge in [-0.2, -0.15) is 0 Å². The molecule has 1 fully saturated rings. The molecule has 1 saturated carbocycles. The third kappa shape index (κ3) is 2.53. The molecule has 0 spiro atoms. The molecule has 4 heteroatoms. The van der Waals surface area contributed by atoms with Crippen molar-refractivity contribution < 1.29 is 0 Å². The third-order valence-electron chi connectivity index (χ3n) is 2.71. The Morgan fingerprint density at radius 2 is 2.50 bits per heavy atom. The van der Waals surface area contributed by atoms with Crippen LogP contribution >= 0.6 is 11.3 Å². The molecule has 0 amide bonds. The molecule has 0 saturated heterocycles. The number of hydrogen-bond acceptors (Lipinski definition) is 4. The van der Waals surface area contributed by atoms with E-state index in [4.69, 9.17) is 5.73 Å². The first kappa shape index (κ1) is 10.1. The summed E-state index contributed by atoms with van der Waals surface area (Å²) >= 11 is 1.71. The van der Waals surface area contributed by atoms with E-state index >= 15 is 0 Å². The van der Waals surface area contributed by atoms with Crippen LogP contribution in [0.3, 0.4) is 0 Å². The van der Waals surface area contributed by atoms with E-state index in [9.17, 15) is 0 Å². The van der Waals surface area contributed by atoms with Crippen LogP contribution in [0, 0.1) is 6.92 Å². The highest BCUT2D eigenvalue weighted by atomic mass is 32.1. The summed E-state index contributed by atoms with van der Waals surface area (Å²) < 4.78 is 0. The van der Waals surface area contributed by atoms with Crippen LogP contribution in [0.5, 0.6) is 0 Å². The van der Waals surface area contributed by atoms with Gasteiger partial charge in [0, 0.05) is 24.0 Å². The summed E-state index contributed by atoms with van der Waals surface area (Å²) in [6.45, 7) is 2.93. The Hall–Kier alpha value is -0.450. The van der Waals surface area contributed by atoms with Crippen LogP contribution < -0.4 is 11.1 Å². The van der Waals surface area contributed by atoms with Gasteiger partial charge in [-0.1, -0.05) is 0 Å². The summed E-state index contributed by atoms with van der Waals surface area (Å²) in [6, 6.07) is 1.01. The summed E-state index contributed by atoms with van der Waals surface area (Å²) in [4.78, 5) is 4.42. The molecule has 0 radical (unpaired) electrons. The second-order valence-corrected chi connectivity index (χ2v) is 5.07. The Balaban J connectivity index is 1.77. The molecule has 2 atom stereocenters. The number of hydrogen-bond donors (Lipinski definition) is 2. The van der Waals surface area contributed by atoms with Gasteiger partial charge in [-0.25, -0.2) is 4.98 Å². The molecule has 78 valence electrons. The maximum Gasteiger partial charge on any atom is 0.0897 e. The normalized spacial score (nSPS) is 27.0. The Bertz CT molecular complexity index is 297. The van der Waals surface area contributed by atoms with E-state index in [1.54, 1.807) is 11.3 Å². The zero-order chi connectivity index (χ0) is 9.97. The lowest BCUT2D eigenvalue weighted by atomic mass is 10.2. The molecule has 2 rings (SSSR count). The lowest BCUT2D eigenvalue weighted by molar-refractivity contribution is 0.513. The molecular formula is C10H17N3S. The lowest BCUT2D eigenvalue weighted by Gasteiger charge is -2.10. The minimum atomic E-state index is 0.407. The standard InChI is InChI=1S/C10H17N3S/c1-7-13-10(6-14-7)5-12-9-3-2-8(11)4-9/h6,8-9,12H,2-5,11H2,1H3. The van der Waals surface area contributed by atoms with E-state index in [0.29, 0.717) is 12.1 Å². The predicted molar refractivity (Wildman–Crippen MR) is 59.3 cm³/mol. The van der Waals surface area contributed by atoms with Gasteiger partial charge in [0.05, 0.1) is 10.7 Å². The minimum Gasteiger partial charge on any atom is -0.328 e. The summed E-state index contributed by atoms with van der Waals surface area (Å²) in [5.41, 5.74) is 7.00. The molecule has 0 aliphatic heterocycles. The van der Waals surface area contributed by atoms with Crippen molar-refractivity contribution in [3.63, 3.8) is 0 Å². The van der Waals surface area contributed by atoms with E-state index in [2.05, 4.69) is 15.7 Å². The van der Waals surface area contributed by atoms with Crippen LogP contribution in [0.25, 0.3) is 0 Å². The number of rotatable bonds is 3. The zero-order valence-corrected chi connectivity index (χ0v) is 9.31. The first-order valence-corrected chi connectivity index (χ1v) is 6.02. The lowest BCUT2D eigenvalue weighted by Crippen LogP contribution is -2.28. The average Bonchev–Trinajstić information content (AvgIpc) is 2.72. The molecule has 2 unspecified atom stereocenters. The fraction of sp³-hybridized carbons (Fsp3) is 0.700. The Morgan fingerprint density at radius 3 is 3.07 bits per heavy atom. The van der Waals surface area contributed by atoms with Crippen LogP contribution in [-0.2, 0) is 6.54 Å². The first-order chi connectivity index (χ1) is 6.74. The number of thiazole rings is 1. The second-order valence-electron chi connectivity index (χ2n) is 4.01. The van der Waals surface area contributed by atoms with Gasteiger partial charge in [-0.05, 0) is 26.2 Å². The first-order valence-electron chi connectivity index (χ1n) is 5.14. The van der Waals surface area contributed by atoms with E-state index in [1.165, 1.54) is 6.42 Å². The van der Waals surface area contributed by atoms with Crippen LogP contribution in [0.2, 0.25) is 0 Å². The van der Waals surface area contributed by atoms with Crippen LogP contribution in [0.4, 0.5) is 0 Å². The molecule has 1 aliphatic carbocycles. The molecule has 3 N–H and O–H groups in total. The number of aryl methyl sites for hydroxylation is 1. The van der Waals surface area contributed by atoms with Gasteiger partial charge in [0.2, 0.25) is 0 Å². The quantitative estimate of drug-likeness (QED) is 0.795. The molecule has 1 aromatic heterocycles. The molecule has 0 aromatic carbocycles. The highest BCUT2D eigenvalue weighted by Gasteiger charge is 2.20. The number of nitrogens with zero attached hydrogens (tertiary/aromatic N) is 1. The monoisotopic (exact) mass is 211 g/mol. The van der Waals surface area contributed by atoms with Gasteiger partial charge in [-0.15, -0.1) is 11.3 Å². The topological polar surface area (TPSA) is 50.9 Å². The van der Waals surface area contributed by atoms with Crippen molar-refractivity contribution in [3.8, 4) is 0 Å². The van der Waals surface area contributed by atoms with Gasteiger partial charge in [0.1, 0.15) is 0 Å². The fourth-order valence-electron chi connectivity index (χ4n) is 1.94. The summed E-state index contributed by atoms with van der Waals surface area (Å²) in [7, 11) is 0. The Labute approximate surface area is 88.7 Å². The van der Waals surface area contributed by atoms with Crippen molar-refractivity contribution in [2.75, 3.05) is 0 Å². The highest BCUT2D eigenvalue weighted by molar-refractivity contribution is 7.09. The van der Waals surface area contributed by atoms with Crippen molar-refractivity contribution in [2.24, 2.45) is 5.73 Å². The van der Waals surface area contributed by atoms with E-state index in [-0.39, 0.29) is 0 Å². The highest BCUT2D eigenvalue weighted by Crippen LogP contribution is 2.17. The number of aromatic nitrogens is 1. The Morgan fingerprint density at radius 1 is 1.64 bits per heavy atom. The molecular weight excluding hydrogens is 194 g/mol. The SMILES string of the molecule is Cc1nc(CNC2CCC(N)C2)cs1. The maximum absolute atomic E-state index is 5.84. The molecule has 1 heterocycles. The second kappa shape index (κ2) is 4.38. The van der Waals surface area contributed by atoms with Gasteiger partial charge >= 0.3 is 0 Å². The van der Waals surface area contributed by atoms with Gasteiger partial charge < -0.3 is 11.1 Å². The molecule has 0 bridgehead atoms. The summed E-state index contributed by atoms with van der Waals surface area (Å²) in [5, 5.41) is 6.77. The average molecular weight is 211 g/mol. The number of nitrogens with two attached hydrogens (primary N) is 1. The Kier molecular flexibility index (Phi) is 3.15. The molecule has 3 nitrogen and oxygen atoms in total. The fourth-order valence-corrected chi connectivity index (χ4v) is 2.55. The smallest absolute Gasteiger partial charge is 0.0897 e.